The van der Waals surface area contributed by atoms with E-state index in [1.165, 1.54) is 16.7 Å². The van der Waals surface area contributed by atoms with E-state index in [0.717, 1.165) is 53.8 Å². The fourth-order valence-corrected chi connectivity index (χ4v) is 4.35. The molecule has 6 heteroatoms. The summed E-state index contributed by atoms with van der Waals surface area (Å²) in [7, 11) is 5.85. The van der Waals surface area contributed by atoms with Crippen LogP contribution in [-0.2, 0) is 13.0 Å². The van der Waals surface area contributed by atoms with E-state index in [1.54, 1.807) is 7.11 Å². The summed E-state index contributed by atoms with van der Waals surface area (Å²) in [6, 6.07) is 20.4. The van der Waals surface area contributed by atoms with Crippen molar-refractivity contribution in [2.24, 2.45) is 0 Å². The number of hydrogen-bond acceptors (Lipinski definition) is 5. The fourth-order valence-electron chi connectivity index (χ4n) is 4.23. The molecule has 0 saturated carbocycles. The predicted octanol–water partition coefficient (Wildman–Crippen LogP) is 5.49. The molecule has 3 aromatic rings. The zero-order chi connectivity index (χ0) is 23.9. The molecule has 0 aromatic heterocycles. The quantitative estimate of drug-likeness (QED) is 0.388. The van der Waals surface area contributed by atoms with Gasteiger partial charge in [0, 0.05) is 18.1 Å². The molecule has 1 unspecified atom stereocenters. The van der Waals surface area contributed by atoms with Gasteiger partial charge in [-0.15, -0.1) is 0 Å². The Morgan fingerprint density at radius 1 is 1.00 bits per heavy atom. The molecule has 1 atom stereocenters. The monoisotopic (exact) mass is 480 g/mol. The molecule has 0 bridgehead atoms. The van der Waals surface area contributed by atoms with Crippen LogP contribution in [0.1, 0.15) is 34.7 Å². The van der Waals surface area contributed by atoms with Crippen LogP contribution >= 0.6 is 11.6 Å². The van der Waals surface area contributed by atoms with E-state index < -0.39 is 0 Å². The third-order valence-electron chi connectivity index (χ3n) is 6.00. The van der Waals surface area contributed by atoms with Gasteiger partial charge in [-0.25, -0.2) is 0 Å². The highest BCUT2D eigenvalue weighted by Crippen LogP contribution is 2.38. The van der Waals surface area contributed by atoms with Crippen molar-refractivity contribution in [2.75, 3.05) is 40.9 Å². The van der Waals surface area contributed by atoms with E-state index in [4.69, 9.17) is 25.8 Å². The molecule has 1 aliphatic rings. The minimum absolute atomic E-state index is 0.0675. The van der Waals surface area contributed by atoms with Crippen LogP contribution in [0.4, 0.5) is 0 Å². The Labute approximate surface area is 207 Å². The predicted molar refractivity (Wildman–Crippen MR) is 137 cm³/mol. The highest BCUT2D eigenvalue weighted by molar-refractivity contribution is 6.30. The van der Waals surface area contributed by atoms with Crippen LogP contribution in [0.25, 0.3) is 0 Å². The average molecular weight is 481 g/mol. The standard InChI is InChI=1S/C28H33ClN2O3/c1-31(2)14-5-15-33-27-18-25-21(17-26(27)32-3)12-13-30-28(25)22-6-4-7-24(16-22)34-19-20-8-10-23(29)11-9-20/h4,6-11,16-18,28,30H,5,12-15,19H2,1-3H3. The average Bonchev–Trinajstić information content (AvgIpc) is 2.85. The van der Waals surface area contributed by atoms with Gasteiger partial charge in [0.05, 0.1) is 19.8 Å². The van der Waals surface area contributed by atoms with Gasteiger partial charge >= 0.3 is 0 Å². The zero-order valence-corrected chi connectivity index (χ0v) is 20.9. The van der Waals surface area contributed by atoms with Crippen LogP contribution < -0.4 is 19.5 Å². The zero-order valence-electron chi connectivity index (χ0n) is 20.1. The van der Waals surface area contributed by atoms with Crippen molar-refractivity contribution in [3.63, 3.8) is 0 Å². The number of nitrogens with one attached hydrogen (secondary N) is 1. The van der Waals surface area contributed by atoms with Gasteiger partial charge in [-0.1, -0.05) is 35.9 Å². The number of ether oxygens (including phenoxy) is 3. The summed E-state index contributed by atoms with van der Waals surface area (Å²) >= 11 is 5.99. The van der Waals surface area contributed by atoms with Gasteiger partial charge < -0.3 is 24.4 Å². The molecular weight excluding hydrogens is 448 g/mol. The molecule has 180 valence electrons. The second-order valence-corrected chi connectivity index (χ2v) is 9.27. The second kappa shape index (κ2) is 11.6. The molecule has 0 spiro atoms. The number of hydrogen-bond donors (Lipinski definition) is 1. The van der Waals surface area contributed by atoms with Crippen molar-refractivity contribution < 1.29 is 14.2 Å². The first-order valence-corrected chi connectivity index (χ1v) is 12.1. The Kier molecular flexibility index (Phi) is 8.33. The molecular formula is C28H33ClN2O3. The largest absolute Gasteiger partial charge is 0.493 e. The summed E-state index contributed by atoms with van der Waals surface area (Å²) in [6.07, 6.45) is 1.91. The first-order chi connectivity index (χ1) is 16.5. The number of benzene rings is 3. The second-order valence-electron chi connectivity index (χ2n) is 8.83. The molecule has 0 radical (unpaired) electrons. The minimum atomic E-state index is 0.0675. The normalized spacial score (nSPS) is 15.1. The molecule has 34 heavy (non-hydrogen) atoms. The molecule has 1 heterocycles. The van der Waals surface area contributed by atoms with Gasteiger partial charge in [0.1, 0.15) is 12.4 Å². The fraction of sp³-hybridized carbons (Fsp3) is 0.357. The summed E-state index contributed by atoms with van der Waals surface area (Å²) in [5.41, 5.74) is 4.76. The van der Waals surface area contributed by atoms with E-state index in [-0.39, 0.29) is 6.04 Å². The van der Waals surface area contributed by atoms with Crippen LogP contribution in [-0.4, -0.2) is 45.8 Å². The summed E-state index contributed by atoms with van der Waals surface area (Å²) < 4.78 is 17.9. The Morgan fingerprint density at radius 2 is 1.82 bits per heavy atom. The molecule has 1 aliphatic heterocycles. The van der Waals surface area contributed by atoms with Crippen LogP contribution in [0.3, 0.4) is 0 Å². The number of nitrogens with zero attached hydrogens (tertiary/aromatic N) is 1. The van der Waals surface area contributed by atoms with Crippen LogP contribution in [0.15, 0.2) is 60.7 Å². The third kappa shape index (κ3) is 6.23. The minimum Gasteiger partial charge on any atom is -0.493 e. The van der Waals surface area contributed by atoms with E-state index in [2.05, 4.69) is 48.6 Å². The van der Waals surface area contributed by atoms with Crippen LogP contribution in [0, 0.1) is 0 Å². The maximum absolute atomic E-state index is 6.13. The SMILES string of the molecule is COc1cc2c(cc1OCCCN(C)C)C(c1cccc(OCc3ccc(Cl)cc3)c1)NCC2. The lowest BCUT2D eigenvalue weighted by Crippen LogP contribution is -2.30. The summed E-state index contributed by atoms with van der Waals surface area (Å²) in [4.78, 5) is 2.16. The Balaban J connectivity index is 1.52. The molecule has 0 amide bonds. The van der Waals surface area contributed by atoms with Crippen molar-refractivity contribution in [1.82, 2.24) is 10.2 Å². The van der Waals surface area contributed by atoms with Crippen molar-refractivity contribution in [3.8, 4) is 17.2 Å². The number of rotatable bonds is 10. The first kappa shape index (κ1) is 24.4. The topological polar surface area (TPSA) is 43.0 Å². The molecule has 0 fully saturated rings. The van der Waals surface area contributed by atoms with Crippen LogP contribution in [0.5, 0.6) is 17.2 Å². The van der Waals surface area contributed by atoms with Crippen molar-refractivity contribution in [2.45, 2.75) is 25.5 Å². The van der Waals surface area contributed by atoms with Gasteiger partial charge in [0.25, 0.3) is 0 Å². The Bertz CT molecular complexity index is 1090. The van der Waals surface area contributed by atoms with Crippen molar-refractivity contribution >= 4 is 11.6 Å². The number of halogens is 1. The number of fused-ring (bicyclic) bond motifs is 1. The highest BCUT2D eigenvalue weighted by Gasteiger charge is 2.24. The maximum Gasteiger partial charge on any atom is 0.161 e. The lowest BCUT2D eigenvalue weighted by molar-refractivity contribution is 0.267. The van der Waals surface area contributed by atoms with E-state index >= 15 is 0 Å². The third-order valence-corrected chi connectivity index (χ3v) is 6.25. The van der Waals surface area contributed by atoms with E-state index in [1.807, 2.05) is 36.4 Å². The van der Waals surface area contributed by atoms with Gasteiger partial charge in [-0.3, -0.25) is 0 Å². The lowest BCUT2D eigenvalue weighted by atomic mass is 9.89. The highest BCUT2D eigenvalue weighted by atomic mass is 35.5. The summed E-state index contributed by atoms with van der Waals surface area (Å²) in [5, 5.41) is 4.40. The summed E-state index contributed by atoms with van der Waals surface area (Å²) in [6.45, 7) is 3.04. The maximum atomic E-state index is 6.13. The molecule has 4 rings (SSSR count). The van der Waals surface area contributed by atoms with E-state index in [9.17, 15) is 0 Å². The van der Waals surface area contributed by atoms with Gasteiger partial charge in [-0.2, -0.15) is 0 Å². The number of methoxy groups -OCH3 is 1. The Hall–Kier alpha value is -2.73. The smallest absolute Gasteiger partial charge is 0.161 e. The molecule has 5 nitrogen and oxygen atoms in total. The van der Waals surface area contributed by atoms with Crippen molar-refractivity contribution in [1.29, 1.82) is 0 Å². The molecule has 0 aliphatic carbocycles. The van der Waals surface area contributed by atoms with Crippen molar-refractivity contribution in [3.05, 3.63) is 87.9 Å². The molecule has 0 saturated heterocycles. The van der Waals surface area contributed by atoms with Gasteiger partial charge in [0.2, 0.25) is 0 Å². The molecule has 1 N–H and O–H groups in total. The molecule has 3 aromatic carbocycles. The summed E-state index contributed by atoms with van der Waals surface area (Å²) in [5.74, 6) is 2.43. The van der Waals surface area contributed by atoms with Gasteiger partial charge in [-0.05, 0) is 85.6 Å². The Morgan fingerprint density at radius 3 is 2.59 bits per heavy atom. The van der Waals surface area contributed by atoms with Gasteiger partial charge in [0.15, 0.2) is 11.5 Å². The lowest BCUT2D eigenvalue weighted by Gasteiger charge is -2.29. The first-order valence-electron chi connectivity index (χ1n) is 11.7. The van der Waals surface area contributed by atoms with E-state index in [0.29, 0.717) is 13.2 Å². The van der Waals surface area contributed by atoms with Crippen LogP contribution in [0.2, 0.25) is 5.02 Å².